The molecule has 0 aliphatic heterocycles. The Hall–Kier alpha value is -3.26. The van der Waals surface area contributed by atoms with Gasteiger partial charge in [-0.3, -0.25) is 24.0 Å². The molecule has 0 radical (unpaired) electrons. The molecule has 11 N–H and O–H groups in total. The van der Waals surface area contributed by atoms with Crippen molar-refractivity contribution < 1.29 is 39.0 Å². The molecule has 0 aromatic heterocycles. The van der Waals surface area contributed by atoms with E-state index in [4.69, 9.17) is 22.3 Å². The zero-order valence-electron chi connectivity index (χ0n) is 19.4. The maximum Gasteiger partial charge on any atom is 0.326 e. The zero-order chi connectivity index (χ0) is 26.4. The first kappa shape index (κ1) is 30.7. The fourth-order valence-electron chi connectivity index (χ4n) is 2.92. The topological polar surface area (TPSA) is 257 Å². The van der Waals surface area contributed by atoms with Crippen molar-refractivity contribution >= 4 is 35.6 Å². The summed E-state index contributed by atoms with van der Waals surface area (Å²) in [5.74, 6) is -7.04. The van der Waals surface area contributed by atoms with Crippen molar-refractivity contribution in [2.24, 2.45) is 23.1 Å². The van der Waals surface area contributed by atoms with Gasteiger partial charge < -0.3 is 43.4 Å². The van der Waals surface area contributed by atoms with E-state index >= 15 is 0 Å². The number of carboxylic acids is 2. The van der Waals surface area contributed by atoms with E-state index in [0.717, 1.165) is 0 Å². The second kappa shape index (κ2) is 15.6. The van der Waals surface area contributed by atoms with Gasteiger partial charge in [0, 0.05) is 0 Å². The maximum absolute atomic E-state index is 12.7. The van der Waals surface area contributed by atoms with Gasteiger partial charge in [-0.25, -0.2) is 4.79 Å². The lowest BCUT2D eigenvalue weighted by Gasteiger charge is -2.25. The van der Waals surface area contributed by atoms with Gasteiger partial charge in [-0.15, -0.1) is 0 Å². The molecule has 0 saturated carbocycles. The van der Waals surface area contributed by atoms with Gasteiger partial charge in [0.1, 0.15) is 18.1 Å². The zero-order valence-corrected chi connectivity index (χ0v) is 19.4. The highest BCUT2D eigenvalue weighted by atomic mass is 16.4. The molecule has 5 unspecified atom stereocenters. The van der Waals surface area contributed by atoms with Crippen molar-refractivity contribution in [3.63, 3.8) is 0 Å². The van der Waals surface area contributed by atoms with Crippen LogP contribution in [0.3, 0.4) is 0 Å². The first-order valence-corrected chi connectivity index (χ1v) is 10.9. The molecule has 0 rings (SSSR count). The molecule has 0 fully saturated rings. The number of carbonyl (C=O) groups excluding carboxylic acids is 4. The summed E-state index contributed by atoms with van der Waals surface area (Å²) < 4.78 is 0. The SMILES string of the molecule is CCC(C)C(NC(=O)C(CC(N)=O)NC(=O)C(CC(=O)O)NC(=O)C(N)CCCCN)C(=O)O. The summed E-state index contributed by atoms with van der Waals surface area (Å²) in [5.41, 5.74) is 16.3. The first-order chi connectivity index (χ1) is 15.8. The van der Waals surface area contributed by atoms with Crippen molar-refractivity contribution in [2.75, 3.05) is 6.54 Å². The molecule has 0 aromatic carbocycles. The smallest absolute Gasteiger partial charge is 0.326 e. The molecule has 4 amide bonds. The monoisotopic (exact) mass is 488 g/mol. The number of carbonyl (C=O) groups is 6. The molecule has 0 spiro atoms. The fourth-order valence-corrected chi connectivity index (χ4v) is 2.92. The van der Waals surface area contributed by atoms with Crippen LogP contribution in [0.2, 0.25) is 0 Å². The van der Waals surface area contributed by atoms with Crippen LogP contribution in [0.1, 0.15) is 52.4 Å². The van der Waals surface area contributed by atoms with Gasteiger partial charge in [-0.1, -0.05) is 26.7 Å². The van der Waals surface area contributed by atoms with Crippen molar-refractivity contribution in [2.45, 2.75) is 76.5 Å². The Morgan fingerprint density at radius 2 is 1.38 bits per heavy atom. The predicted molar refractivity (Wildman–Crippen MR) is 120 cm³/mol. The molecule has 194 valence electrons. The number of hydrogen-bond acceptors (Lipinski definition) is 8. The van der Waals surface area contributed by atoms with Gasteiger partial charge in [-0.05, 0) is 25.3 Å². The Kier molecular flexibility index (Phi) is 14.1. The number of unbranched alkanes of at least 4 members (excludes halogenated alkanes) is 1. The lowest BCUT2D eigenvalue weighted by atomic mass is 9.98. The molecule has 0 aromatic rings. The van der Waals surface area contributed by atoms with Gasteiger partial charge in [0.05, 0.1) is 18.9 Å². The molecule has 5 atom stereocenters. The quantitative estimate of drug-likeness (QED) is 0.0988. The van der Waals surface area contributed by atoms with E-state index in [0.29, 0.717) is 25.8 Å². The highest BCUT2D eigenvalue weighted by Gasteiger charge is 2.33. The second-order valence-electron chi connectivity index (χ2n) is 7.99. The molecule has 0 heterocycles. The second-order valence-corrected chi connectivity index (χ2v) is 7.99. The normalized spacial score (nSPS) is 15.2. The van der Waals surface area contributed by atoms with Crippen LogP contribution in [-0.2, 0) is 28.8 Å². The van der Waals surface area contributed by atoms with E-state index in [1.54, 1.807) is 13.8 Å². The lowest BCUT2D eigenvalue weighted by Crippen LogP contribution is -2.58. The average molecular weight is 489 g/mol. The highest BCUT2D eigenvalue weighted by molar-refractivity contribution is 5.97. The van der Waals surface area contributed by atoms with Gasteiger partial charge in [0.25, 0.3) is 0 Å². The molecule has 14 nitrogen and oxygen atoms in total. The van der Waals surface area contributed by atoms with Gasteiger partial charge in [0.15, 0.2) is 0 Å². The predicted octanol–water partition coefficient (Wildman–Crippen LogP) is -2.62. The summed E-state index contributed by atoms with van der Waals surface area (Å²) in [4.78, 5) is 71.8. The summed E-state index contributed by atoms with van der Waals surface area (Å²) in [6, 6.07) is -5.53. The molecule has 0 aliphatic carbocycles. The van der Waals surface area contributed by atoms with E-state index < -0.39 is 78.5 Å². The number of nitrogens with two attached hydrogens (primary N) is 3. The summed E-state index contributed by atoms with van der Waals surface area (Å²) in [5, 5.41) is 25.1. The fraction of sp³-hybridized carbons (Fsp3) is 0.700. The highest BCUT2D eigenvalue weighted by Crippen LogP contribution is 2.09. The largest absolute Gasteiger partial charge is 0.481 e. The minimum absolute atomic E-state index is 0.253. The van der Waals surface area contributed by atoms with Crippen LogP contribution in [0, 0.1) is 5.92 Å². The third-order valence-corrected chi connectivity index (χ3v) is 5.13. The minimum atomic E-state index is -1.61. The van der Waals surface area contributed by atoms with Crippen molar-refractivity contribution in [3.8, 4) is 0 Å². The Labute approximate surface area is 197 Å². The number of amides is 4. The molecular weight excluding hydrogens is 452 g/mol. The van der Waals surface area contributed by atoms with Gasteiger partial charge >= 0.3 is 11.9 Å². The number of rotatable bonds is 17. The standard InChI is InChI=1S/C20H36N6O8/c1-3-10(2)16(20(33)34)26-19(32)12(8-14(23)27)25-18(31)13(9-15(28)29)24-17(30)11(22)6-4-5-7-21/h10-13,16H,3-9,21-22H2,1-2H3,(H2,23,27)(H,24,30)(H,25,31)(H,26,32)(H,28,29)(H,33,34). The van der Waals surface area contributed by atoms with Crippen molar-refractivity contribution in [1.29, 1.82) is 0 Å². The molecule has 0 bridgehead atoms. The van der Waals surface area contributed by atoms with E-state index in [1.165, 1.54) is 0 Å². The van der Waals surface area contributed by atoms with E-state index in [-0.39, 0.29) is 6.42 Å². The Morgan fingerprint density at radius 3 is 1.85 bits per heavy atom. The summed E-state index contributed by atoms with van der Waals surface area (Å²) in [7, 11) is 0. The third kappa shape index (κ3) is 11.6. The Bertz CT molecular complexity index is 747. The van der Waals surface area contributed by atoms with Crippen molar-refractivity contribution in [3.05, 3.63) is 0 Å². The van der Waals surface area contributed by atoms with Gasteiger partial charge in [-0.2, -0.15) is 0 Å². The average Bonchev–Trinajstić information content (AvgIpc) is 2.74. The number of hydrogen-bond donors (Lipinski definition) is 8. The molecule has 0 aliphatic rings. The van der Waals surface area contributed by atoms with E-state index in [9.17, 15) is 33.9 Å². The third-order valence-electron chi connectivity index (χ3n) is 5.13. The lowest BCUT2D eigenvalue weighted by molar-refractivity contribution is -0.144. The summed E-state index contributed by atoms with van der Waals surface area (Å²) >= 11 is 0. The van der Waals surface area contributed by atoms with Crippen LogP contribution in [-0.4, -0.2) is 76.5 Å². The van der Waals surface area contributed by atoms with Crippen LogP contribution in [0.5, 0.6) is 0 Å². The molecular formula is C20H36N6O8. The Morgan fingerprint density at radius 1 is 0.853 bits per heavy atom. The van der Waals surface area contributed by atoms with Crippen LogP contribution in [0.15, 0.2) is 0 Å². The van der Waals surface area contributed by atoms with E-state index in [1.807, 2.05) is 0 Å². The van der Waals surface area contributed by atoms with Gasteiger partial charge in [0.2, 0.25) is 23.6 Å². The molecule has 34 heavy (non-hydrogen) atoms. The molecule has 14 heteroatoms. The van der Waals surface area contributed by atoms with Crippen LogP contribution in [0.25, 0.3) is 0 Å². The van der Waals surface area contributed by atoms with Crippen LogP contribution < -0.4 is 33.2 Å². The van der Waals surface area contributed by atoms with E-state index in [2.05, 4.69) is 16.0 Å². The maximum atomic E-state index is 12.7. The summed E-state index contributed by atoms with van der Waals surface area (Å²) in [6.45, 7) is 3.72. The number of aliphatic carboxylic acids is 2. The van der Waals surface area contributed by atoms with Crippen LogP contribution >= 0.6 is 0 Å². The number of carboxylic acid groups (broad SMARTS) is 2. The number of primary amides is 1. The summed E-state index contributed by atoms with van der Waals surface area (Å²) in [6.07, 6.45) is 0.325. The number of nitrogens with one attached hydrogen (secondary N) is 3. The van der Waals surface area contributed by atoms with Crippen LogP contribution in [0.4, 0.5) is 0 Å². The Balaban J connectivity index is 5.51. The van der Waals surface area contributed by atoms with Crippen molar-refractivity contribution in [1.82, 2.24) is 16.0 Å². The first-order valence-electron chi connectivity index (χ1n) is 10.9. The minimum Gasteiger partial charge on any atom is -0.481 e. The molecule has 0 saturated heterocycles.